The zero-order chi connectivity index (χ0) is 10.2. The Hall–Kier alpha value is -1.07. The van der Waals surface area contributed by atoms with Gasteiger partial charge in [0.25, 0.3) is 0 Å². The van der Waals surface area contributed by atoms with Gasteiger partial charge in [-0.1, -0.05) is 28.1 Å². The van der Waals surface area contributed by atoms with Crippen LogP contribution in [0.3, 0.4) is 0 Å². The summed E-state index contributed by atoms with van der Waals surface area (Å²) in [5.74, 6) is 2.59. The van der Waals surface area contributed by atoms with E-state index < -0.39 is 0 Å². The Morgan fingerprint density at radius 2 is 2.07 bits per heavy atom. The van der Waals surface area contributed by atoms with E-state index in [1.807, 2.05) is 30.5 Å². The second kappa shape index (κ2) is 6.39. The molecule has 0 saturated carbocycles. The smallest absolute Gasteiger partial charge is 0.0398 e. The molecule has 1 aromatic rings. The van der Waals surface area contributed by atoms with Gasteiger partial charge in [-0.05, 0) is 24.1 Å². The molecule has 1 rings (SSSR count). The maximum atomic E-state index is 5.13. The van der Waals surface area contributed by atoms with Gasteiger partial charge in [0.1, 0.15) is 0 Å². The van der Waals surface area contributed by atoms with Crippen molar-refractivity contribution in [3.63, 3.8) is 0 Å². The minimum Gasteiger partial charge on any atom is -0.293 e. The lowest BCUT2D eigenvalue weighted by molar-refractivity contribution is 0.874. The minimum absolute atomic E-state index is 0.803. The second-order valence-corrected chi connectivity index (χ2v) is 3.81. The molecule has 0 radical (unpaired) electrons. The maximum absolute atomic E-state index is 5.13. The largest absolute Gasteiger partial charge is 0.293 e. The van der Waals surface area contributed by atoms with Crippen LogP contribution in [0, 0.1) is 12.3 Å². The van der Waals surface area contributed by atoms with E-state index in [1.165, 1.54) is 0 Å². The first-order chi connectivity index (χ1) is 6.83. The summed E-state index contributed by atoms with van der Waals surface area (Å²) in [5.41, 5.74) is 1.12. The van der Waals surface area contributed by atoms with E-state index >= 15 is 0 Å². The van der Waals surface area contributed by atoms with Crippen LogP contribution in [0.5, 0.6) is 0 Å². The van der Waals surface area contributed by atoms with Crippen LogP contribution in [0.4, 0.5) is 0 Å². The predicted molar refractivity (Wildman–Crippen MR) is 64.7 cm³/mol. The summed E-state index contributed by atoms with van der Waals surface area (Å²) in [7, 11) is 0. The summed E-state index contributed by atoms with van der Waals surface area (Å²) in [4.78, 5) is 4.27. The Balaban J connectivity index is 2.37. The number of hydrogen-bond donors (Lipinski definition) is 0. The highest BCUT2D eigenvalue weighted by Gasteiger charge is 1.87. The highest BCUT2D eigenvalue weighted by atomic mass is 79.9. The maximum Gasteiger partial charge on any atom is 0.0398 e. The van der Waals surface area contributed by atoms with Crippen molar-refractivity contribution >= 4 is 22.1 Å². The topological polar surface area (TPSA) is 12.4 Å². The van der Waals surface area contributed by atoms with Crippen LogP contribution in [-0.4, -0.2) is 12.8 Å². The van der Waals surface area contributed by atoms with Gasteiger partial charge in [0, 0.05) is 23.7 Å². The number of nitrogens with zero attached hydrogens (tertiary/aromatic N) is 1. The van der Waals surface area contributed by atoms with Crippen LogP contribution in [0.25, 0.3) is 0 Å². The quantitative estimate of drug-likeness (QED) is 0.441. The Labute approximate surface area is 93.4 Å². The molecule has 72 valence electrons. The number of hydrogen-bond acceptors (Lipinski definition) is 1. The van der Waals surface area contributed by atoms with Crippen molar-refractivity contribution < 1.29 is 0 Å². The van der Waals surface area contributed by atoms with Crippen molar-refractivity contribution in [1.29, 1.82) is 0 Å². The van der Waals surface area contributed by atoms with Crippen LogP contribution in [-0.2, 0) is 0 Å². The van der Waals surface area contributed by atoms with Crippen molar-refractivity contribution in [3.05, 3.63) is 34.3 Å². The van der Waals surface area contributed by atoms with Crippen molar-refractivity contribution in [1.82, 2.24) is 0 Å². The SMILES string of the molecule is C#CCCCN=Cc1ccc(Br)cc1. The van der Waals surface area contributed by atoms with E-state index in [0.29, 0.717) is 0 Å². The molecule has 0 aliphatic carbocycles. The Morgan fingerprint density at radius 3 is 2.71 bits per heavy atom. The minimum atomic E-state index is 0.803. The van der Waals surface area contributed by atoms with Gasteiger partial charge in [0.05, 0.1) is 0 Å². The molecule has 0 fully saturated rings. The monoisotopic (exact) mass is 249 g/mol. The van der Waals surface area contributed by atoms with Crippen molar-refractivity contribution in [2.24, 2.45) is 4.99 Å². The number of unbranched alkanes of at least 4 members (excludes halogenated alkanes) is 1. The third-order valence-electron chi connectivity index (χ3n) is 1.72. The normalized spacial score (nSPS) is 10.3. The molecule has 0 bridgehead atoms. The Kier molecular flexibility index (Phi) is 5.03. The van der Waals surface area contributed by atoms with Gasteiger partial charge >= 0.3 is 0 Å². The average Bonchev–Trinajstić information content (AvgIpc) is 2.21. The highest BCUT2D eigenvalue weighted by molar-refractivity contribution is 9.10. The van der Waals surface area contributed by atoms with Gasteiger partial charge in [-0.3, -0.25) is 4.99 Å². The Bertz CT molecular complexity index is 332. The van der Waals surface area contributed by atoms with E-state index in [2.05, 4.69) is 26.8 Å². The average molecular weight is 250 g/mol. The van der Waals surface area contributed by atoms with Crippen LogP contribution in [0.15, 0.2) is 33.7 Å². The summed E-state index contributed by atoms with van der Waals surface area (Å²) in [6.45, 7) is 0.806. The summed E-state index contributed by atoms with van der Waals surface area (Å²) in [6, 6.07) is 8.05. The van der Waals surface area contributed by atoms with Gasteiger partial charge in [0.15, 0.2) is 0 Å². The fraction of sp³-hybridized carbons (Fsp3) is 0.250. The molecule has 0 aromatic heterocycles. The molecule has 1 nitrogen and oxygen atoms in total. The molecule has 0 aliphatic heterocycles. The molecule has 14 heavy (non-hydrogen) atoms. The number of rotatable bonds is 4. The number of halogens is 1. The third-order valence-corrected chi connectivity index (χ3v) is 2.25. The fourth-order valence-corrected chi connectivity index (χ4v) is 1.26. The second-order valence-electron chi connectivity index (χ2n) is 2.89. The van der Waals surface area contributed by atoms with Crippen LogP contribution < -0.4 is 0 Å². The van der Waals surface area contributed by atoms with E-state index in [4.69, 9.17) is 6.42 Å². The molecule has 0 aliphatic rings. The number of aliphatic imine (C=N–C) groups is 1. The van der Waals surface area contributed by atoms with E-state index in [0.717, 1.165) is 29.4 Å². The first-order valence-electron chi connectivity index (χ1n) is 4.52. The lowest BCUT2D eigenvalue weighted by Gasteiger charge is -1.93. The first-order valence-corrected chi connectivity index (χ1v) is 5.31. The summed E-state index contributed by atoms with van der Waals surface area (Å²) < 4.78 is 1.09. The number of terminal acetylenes is 1. The van der Waals surface area contributed by atoms with Crippen molar-refractivity contribution in [2.75, 3.05) is 6.54 Å². The van der Waals surface area contributed by atoms with Gasteiger partial charge in [-0.2, -0.15) is 0 Å². The Morgan fingerprint density at radius 1 is 1.36 bits per heavy atom. The molecule has 0 heterocycles. The molecule has 0 amide bonds. The molecule has 0 saturated heterocycles. The molecule has 0 unspecified atom stereocenters. The van der Waals surface area contributed by atoms with E-state index in [1.54, 1.807) is 0 Å². The molecule has 0 N–H and O–H groups in total. The first kappa shape index (κ1) is 11.0. The van der Waals surface area contributed by atoms with Crippen LogP contribution >= 0.6 is 15.9 Å². The van der Waals surface area contributed by atoms with Crippen molar-refractivity contribution in [3.8, 4) is 12.3 Å². The highest BCUT2D eigenvalue weighted by Crippen LogP contribution is 2.08. The third kappa shape index (κ3) is 4.25. The molecule has 0 atom stereocenters. The van der Waals surface area contributed by atoms with Gasteiger partial charge in [-0.25, -0.2) is 0 Å². The van der Waals surface area contributed by atoms with E-state index in [-0.39, 0.29) is 0 Å². The predicted octanol–water partition coefficient (Wildman–Crippen LogP) is 3.28. The van der Waals surface area contributed by atoms with Crippen molar-refractivity contribution in [2.45, 2.75) is 12.8 Å². The van der Waals surface area contributed by atoms with Gasteiger partial charge in [0.2, 0.25) is 0 Å². The van der Waals surface area contributed by atoms with Crippen LogP contribution in [0.2, 0.25) is 0 Å². The lowest BCUT2D eigenvalue weighted by atomic mass is 10.2. The lowest BCUT2D eigenvalue weighted by Crippen LogP contribution is -1.84. The molecule has 2 heteroatoms. The van der Waals surface area contributed by atoms with Gasteiger partial charge in [-0.15, -0.1) is 12.3 Å². The molecule has 1 aromatic carbocycles. The summed E-state index contributed by atoms with van der Waals surface area (Å²) in [6.07, 6.45) is 8.77. The standard InChI is InChI=1S/C12H12BrN/c1-2-3-4-9-14-10-11-5-7-12(13)8-6-11/h1,5-8,10H,3-4,9H2. The molecule has 0 spiro atoms. The summed E-state index contributed by atoms with van der Waals surface area (Å²) in [5, 5.41) is 0. The van der Waals surface area contributed by atoms with Gasteiger partial charge < -0.3 is 0 Å². The fourth-order valence-electron chi connectivity index (χ4n) is 0.991. The van der Waals surface area contributed by atoms with E-state index in [9.17, 15) is 0 Å². The molecular weight excluding hydrogens is 238 g/mol. The molecular formula is C12H12BrN. The number of benzene rings is 1. The van der Waals surface area contributed by atoms with Crippen LogP contribution in [0.1, 0.15) is 18.4 Å². The zero-order valence-electron chi connectivity index (χ0n) is 7.91. The summed E-state index contributed by atoms with van der Waals surface area (Å²) >= 11 is 3.38. The zero-order valence-corrected chi connectivity index (χ0v) is 9.50.